The molecule has 0 saturated heterocycles. The molecule has 10 heteroatoms. The second kappa shape index (κ2) is 5.63. The third-order valence-corrected chi connectivity index (χ3v) is 2.06. The molecule has 110 valence electrons. The summed E-state index contributed by atoms with van der Waals surface area (Å²) in [4.78, 5) is 35.2. The van der Waals surface area contributed by atoms with Crippen molar-refractivity contribution in [3.8, 4) is 5.88 Å². The molecule has 0 aromatic carbocycles. The molecule has 20 heavy (non-hydrogen) atoms. The molecule has 0 aliphatic carbocycles. The number of nitrogens with zero attached hydrogens (tertiary/aromatic N) is 1. The second-order valence-corrected chi connectivity index (χ2v) is 3.79. The number of pyridine rings is 1. The van der Waals surface area contributed by atoms with Gasteiger partial charge in [-0.3, -0.25) is 19.4 Å². The lowest BCUT2D eigenvalue weighted by Gasteiger charge is -2.22. The van der Waals surface area contributed by atoms with Crippen molar-refractivity contribution < 1.29 is 33.0 Å². The average molecular weight is 294 g/mol. The number of aromatic hydroxyl groups is 1. The third kappa shape index (κ3) is 4.63. The first-order chi connectivity index (χ1) is 9.08. The number of H-pyrrole nitrogens is 1. The normalized spacial score (nSPS) is 11.2. The van der Waals surface area contributed by atoms with Crippen LogP contribution in [0.5, 0.6) is 5.88 Å². The molecule has 1 heterocycles. The van der Waals surface area contributed by atoms with Crippen molar-refractivity contribution in [1.29, 1.82) is 0 Å². The molecule has 7 nitrogen and oxygen atoms in total. The van der Waals surface area contributed by atoms with Crippen LogP contribution in [-0.4, -0.2) is 51.2 Å². The van der Waals surface area contributed by atoms with E-state index < -0.39 is 48.1 Å². The summed E-state index contributed by atoms with van der Waals surface area (Å²) in [6.07, 6.45) is -4.80. The number of alkyl halides is 3. The molecule has 1 aromatic rings. The fraction of sp³-hybridized carbons (Fsp3) is 0.300. The number of nitrogens with one attached hydrogen (secondary N) is 1. The smallest absolute Gasteiger partial charge is 0.406 e. The van der Waals surface area contributed by atoms with Gasteiger partial charge in [0.2, 0.25) is 0 Å². The first kappa shape index (κ1) is 15.5. The number of aromatic nitrogens is 1. The van der Waals surface area contributed by atoms with Gasteiger partial charge in [-0.2, -0.15) is 13.2 Å². The number of hydrogen-bond acceptors (Lipinski definition) is 4. The summed E-state index contributed by atoms with van der Waals surface area (Å²) in [5, 5.41) is 17.6. The van der Waals surface area contributed by atoms with E-state index in [4.69, 9.17) is 10.2 Å². The van der Waals surface area contributed by atoms with Gasteiger partial charge in [-0.15, -0.1) is 0 Å². The highest BCUT2D eigenvalue weighted by Crippen LogP contribution is 2.18. The number of carbonyl (C=O) groups is 2. The van der Waals surface area contributed by atoms with E-state index in [1.807, 2.05) is 4.98 Å². The first-order valence-corrected chi connectivity index (χ1v) is 5.09. The van der Waals surface area contributed by atoms with Crippen molar-refractivity contribution in [2.24, 2.45) is 0 Å². The van der Waals surface area contributed by atoms with Crippen LogP contribution >= 0.6 is 0 Å². The van der Waals surface area contributed by atoms with Crippen molar-refractivity contribution in [1.82, 2.24) is 9.88 Å². The van der Waals surface area contributed by atoms with Gasteiger partial charge >= 0.3 is 12.1 Å². The molecule has 0 radical (unpaired) electrons. The zero-order chi connectivity index (χ0) is 15.5. The van der Waals surface area contributed by atoms with Crippen LogP contribution in [0, 0.1) is 0 Å². The zero-order valence-electron chi connectivity index (χ0n) is 9.77. The highest BCUT2D eigenvalue weighted by molar-refractivity contribution is 5.96. The van der Waals surface area contributed by atoms with Crippen molar-refractivity contribution in [3.63, 3.8) is 0 Å². The molecular weight excluding hydrogens is 285 g/mol. The van der Waals surface area contributed by atoms with E-state index in [2.05, 4.69) is 0 Å². The monoisotopic (exact) mass is 294 g/mol. The van der Waals surface area contributed by atoms with Gasteiger partial charge in [0, 0.05) is 12.1 Å². The Balaban J connectivity index is 3.09. The number of carbonyl (C=O) groups excluding carboxylic acids is 1. The van der Waals surface area contributed by atoms with Crippen LogP contribution < -0.4 is 5.56 Å². The number of carboxylic acids is 1. The van der Waals surface area contributed by atoms with Crippen LogP contribution in [0.15, 0.2) is 16.9 Å². The van der Waals surface area contributed by atoms with Gasteiger partial charge in [-0.25, -0.2) is 0 Å². The van der Waals surface area contributed by atoms with Crippen molar-refractivity contribution in [3.05, 3.63) is 28.0 Å². The second-order valence-electron chi connectivity index (χ2n) is 3.79. The summed E-state index contributed by atoms with van der Waals surface area (Å²) < 4.78 is 36.9. The van der Waals surface area contributed by atoms with Crippen molar-refractivity contribution in [2.75, 3.05) is 13.1 Å². The van der Waals surface area contributed by atoms with Crippen LogP contribution in [-0.2, 0) is 4.79 Å². The van der Waals surface area contributed by atoms with E-state index in [1.54, 1.807) is 0 Å². The van der Waals surface area contributed by atoms with E-state index in [9.17, 15) is 27.6 Å². The number of amides is 1. The Morgan fingerprint density at radius 3 is 2.35 bits per heavy atom. The Labute approximate surface area is 109 Å². The number of aliphatic carboxylic acids is 1. The Morgan fingerprint density at radius 2 is 1.90 bits per heavy atom. The van der Waals surface area contributed by atoms with Crippen LogP contribution in [0.25, 0.3) is 0 Å². The molecule has 0 fully saturated rings. The van der Waals surface area contributed by atoms with Crippen LogP contribution in [0.2, 0.25) is 0 Å². The number of halogens is 3. The van der Waals surface area contributed by atoms with E-state index in [0.29, 0.717) is 6.07 Å². The molecule has 1 rings (SSSR count). The largest absolute Gasteiger partial charge is 0.494 e. The summed E-state index contributed by atoms with van der Waals surface area (Å²) in [5.74, 6) is -3.69. The van der Waals surface area contributed by atoms with Crippen LogP contribution in [0.4, 0.5) is 13.2 Å². The minimum Gasteiger partial charge on any atom is -0.494 e. The lowest BCUT2D eigenvalue weighted by Crippen LogP contribution is -2.42. The number of hydrogen-bond donors (Lipinski definition) is 3. The van der Waals surface area contributed by atoms with E-state index >= 15 is 0 Å². The highest BCUT2D eigenvalue weighted by Gasteiger charge is 2.34. The molecule has 0 spiro atoms. The van der Waals surface area contributed by atoms with Crippen LogP contribution in [0.3, 0.4) is 0 Å². The van der Waals surface area contributed by atoms with Crippen molar-refractivity contribution >= 4 is 11.9 Å². The minimum atomic E-state index is -4.80. The standard InChI is InChI=1S/C10H9F3N2O5/c11-10(12,13)4-15(3-8(18)19)9(20)5-1-6(16)14-7(17)2-5/h1-2H,3-4H2,(H,18,19)(H2,14,16,17). The summed E-state index contributed by atoms with van der Waals surface area (Å²) in [7, 11) is 0. The quantitative estimate of drug-likeness (QED) is 0.733. The number of rotatable bonds is 4. The lowest BCUT2D eigenvalue weighted by atomic mass is 10.2. The predicted molar refractivity (Wildman–Crippen MR) is 58.3 cm³/mol. The van der Waals surface area contributed by atoms with E-state index in [1.165, 1.54) is 0 Å². The molecule has 0 aliphatic rings. The maximum atomic E-state index is 12.3. The molecule has 1 aromatic heterocycles. The summed E-state index contributed by atoms with van der Waals surface area (Å²) in [5.41, 5.74) is -1.45. The van der Waals surface area contributed by atoms with Gasteiger partial charge in [-0.1, -0.05) is 0 Å². The number of aromatic amines is 1. The van der Waals surface area contributed by atoms with Gasteiger partial charge in [0.15, 0.2) is 5.88 Å². The van der Waals surface area contributed by atoms with Gasteiger partial charge < -0.3 is 15.1 Å². The van der Waals surface area contributed by atoms with Gasteiger partial charge in [0.25, 0.3) is 11.5 Å². The van der Waals surface area contributed by atoms with E-state index in [0.717, 1.165) is 6.07 Å². The van der Waals surface area contributed by atoms with Gasteiger partial charge in [-0.05, 0) is 0 Å². The summed E-state index contributed by atoms with van der Waals surface area (Å²) in [6, 6.07) is 1.39. The first-order valence-electron chi connectivity index (χ1n) is 5.09. The maximum Gasteiger partial charge on any atom is 0.406 e. The molecule has 0 saturated carbocycles. The molecular formula is C10H9F3N2O5. The SMILES string of the molecule is O=C(O)CN(CC(F)(F)F)C(=O)c1cc(O)[nH]c(=O)c1. The summed E-state index contributed by atoms with van der Waals surface area (Å²) >= 11 is 0. The molecule has 0 bridgehead atoms. The highest BCUT2D eigenvalue weighted by atomic mass is 19.4. The molecule has 0 unspecified atom stereocenters. The molecule has 0 atom stereocenters. The minimum absolute atomic E-state index is 0.0105. The van der Waals surface area contributed by atoms with Crippen molar-refractivity contribution in [2.45, 2.75) is 6.18 Å². The Hall–Kier alpha value is -2.52. The summed E-state index contributed by atoms with van der Waals surface area (Å²) in [6.45, 7) is -2.97. The Bertz CT molecular complexity index is 581. The average Bonchev–Trinajstić information content (AvgIpc) is 2.23. The zero-order valence-corrected chi connectivity index (χ0v) is 9.77. The fourth-order valence-corrected chi connectivity index (χ4v) is 1.41. The fourth-order valence-electron chi connectivity index (χ4n) is 1.41. The molecule has 0 aliphatic heterocycles. The lowest BCUT2D eigenvalue weighted by molar-refractivity contribution is -0.149. The number of carboxylic acid groups (broad SMARTS) is 1. The molecule has 1 amide bonds. The van der Waals surface area contributed by atoms with Crippen LogP contribution in [0.1, 0.15) is 10.4 Å². The topological polar surface area (TPSA) is 111 Å². The van der Waals surface area contributed by atoms with Gasteiger partial charge in [0.05, 0.1) is 5.56 Å². The van der Waals surface area contributed by atoms with E-state index in [-0.39, 0.29) is 4.90 Å². The third-order valence-electron chi connectivity index (χ3n) is 2.06. The molecule has 3 N–H and O–H groups in total. The Morgan fingerprint density at radius 1 is 1.30 bits per heavy atom. The Kier molecular flexibility index (Phi) is 4.38. The predicted octanol–water partition coefficient (Wildman–Crippen LogP) is 0.170. The maximum absolute atomic E-state index is 12.3. The van der Waals surface area contributed by atoms with Gasteiger partial charge in [0.1, 0.15) is 13.1 Å².